The molecule has 1 amide bonds. The number of amides is 1. The van der Waals surface area contributed by atoms with E-state index in [0.717, 1.165) is 21.8 Å². The van der Waals surface area contributed by atoms with Crippen molar-refractivity contribution in [2.45, 2.75) is 6.54 Å². The van der Waals surface area contributed by atoms with Crippen LogP contribution in [0.1, 0.15) is 5.56 Å². The highest BCUT2D eigenvalue weighted by atomic mass is 32.1. The van der Waals surface area contributed by atoms with Crippen molar-refractivity contribution in [1.29, 1.82) is 0 Å². The average molecular weight is 354 g/mol. The van der Waals surface area contributed by atoms with Crippen molar-refractivity contribution in [1.82, 2.24) is 10.3 Å². The monoisotopic (exact) mass is 354 g/mol. The highest BCUT2D eigenvalue weighted by molar-refractivity contribution is 7.13. The second kappa shape index (κ2) is 8.30. The maximum atomic E-state index is 11.9. The van der Waals surface area contributed by atoms with Crippen LogP contribution in [0.15, 0.2) is 60.2 Å². The fraction of sp³-hybridized carbons (Fsp3) is 0.158. The lowest BCUT2D eigenvalue weighted by molar-refractivity contribution is -0.123. The fourth-order valence-electron chi connectivity index (χ4n) is 2.23. The van der Waals surface area contributed by atoms with Crippen molar-refractivity contribution in [2.24, 2.45) is 0 Å². The summed E-state index contributed by atoms with van der Waals surface area (Å²) in [7, 11) is 1.60. The van der Waals surface area contributed by atoms with Crippen LogP contribution in [0.3, 0.4) is 0 Å². The summed E-state index contributed by atoms with van der Waals surface area (Å²) in [6.07, 6.45) is 3.58. The molecule has 0 saturated heterocycles. The van der Waals surface area contributed by atoms with Gasteiger partial charge >= 0.3 is 0 Å². The zero-order valence-electron chi connectivity index (χ0n) is 13.8. The fourth-order valence-corrected chi connectivity index (χ4v) is 2.94. The van der Waals surface area contributed by atoms with Gasteiger partial charge in [-0.1, -0.05) is 6.07 Å². The average Bonchev–Trinajstić information content (AvgIpc) is 3.20. The third kappa shape index (κ3) is 4.81. The van der Waals surface area contributed by atoms with Crippen molar-refractivity contribution in [3.05, 3.63) is 65.8 Å². The predicted octanol–water partition coefficient (Wildman–Crippen LogP) is 3.51. The molecule has 0 radical (unpaired) electrons. The summed E-state index contributed by atoms with van der Waals surface area (Å²) >= 11 is 1.66. The number of pyridine rings is 1. The molecule has 3 aromatic rings. The number of benzene rings is 1. The van der Waals surface area contributed by atoms with Gasteiger partial charge in [0.05, 0.1) is 7.11 Å². The SMILES string of the molecule is COc1ccc(OCC(=O)NCc2cncc(-c3cccs3)c2)cc1. The Kier molecular flexibility index (Phi) is 5.64. The lowest BCUT2D eigenvalue weighted by Gasteiger charge is -2.08. The molecular formula is C19H18N2O3S. The largest absolute Gasteiger partial charge is 0.497 e. The zero-order valence-corrected chi connectivity index (χ0v) is 14.6. The van der Waals surface area contributed by atoms with E-state index in [1.165, 1.54) is 0 Å². The number of ether oxygens (including phenoxy) is 2. The van der Waals surface area contributed by atoms with Gasteiger partial charge in [-0.3, -0.25) is 9.78 Å². The summed E-state index contributed by atoms with van der Waals surface area (Å²) < 4.78 is 10.5. The Bertz CT molecular complexity index is 817. The first-order chi connectivity index (χ1) is 12.2. The van der Waals surface area contributed by atoms with E-state index in [0.29, 0.717) is 12.3 Å². The van der Waals surface area contributed by atoms with Gasteiger partial charge in [0, 0.05) is 29.4 Å². The van der Waals surface area contributed by atoms with Gasteiger partial charge in [0.25, 0.3) is 5.91 Å². The van der Waals surface area contributed by atoms with E-state index >= 15 is 0 Å². The van der Waals surface area contributed by atoms with Crippen molar-refractivity contribution in [3.8, 4) is 21.9 Å². The zero-order chi connectivity index (χ0) is 17.5. The molecule has 0 atom stereocenters. The summed E-state index contributed by atoms with van der Waals surface area (Å²) in [6.45, 7) is 0.376. The van der Waals surface area contributed by atoms with Gasteiger partial charge in [-0.25, -0.2) is 0 Å². The van der Waals surface area contributed by atoms with Crippen LogP contribution >= 0.6 is 11.3 Å². The minimum atomic E-state index is -0.183. The van der Waals surface area contributed by atoms with Crippen LogP contribution in [-0.2, 0) is 11.3 Å². The molecule has 0 spiro atoms. The molecule has 3 rings (SSSR count). The van der Waals surface area contributed by atoms with Crippen molar-refractivity contribution >= 4 is 17.2 Å². The van der Waals surface area contributed by atoms with Crippen LogP contribution in [0, 0.1) is 0 Å². The van der Waals surface area contributed by atoms with Crippen LogP contribution in [0.25, 0.3) is 10.4 Å². The Hall–Kier alpha value is -2.86. The summed E-state index contributed by atoms with van der Waals surface area (Å²) in [5.41, 5.74) is 2.00. The van der Waals surface area contributed by atoms with Gasteiger partial charge in [0.1, 0.15) is 11.5 Å². The molecule has 0 fully saturated rings. The number of carbonyl (C=O) groups is 1. The van der Waals surface area contributed by atoms with Gasteiger partial charge in [0.2, 0.25) is 0 Å². The molecular weight excluding hydrogens is 336 g/mol. The Morgan fingerprint density at radius 2 is 1.96 bits per heavy atom. The van der Waals surface area contributed by atoms with Crippen LogP contribution in [0.2, 0.25) is 0 Å². The number of hydrogen-bond donors (Lipinski definition) is 1. The van der Waals surface area contributed by atoms with Crippen LogP contribution < -0.4 is 14.8 Å². The van der Waals surface area contributed by atoms with E-state index in [9.17, 15) is 4.79 Å². The van der Waals surface area contributed by atoms with E-state index in [-0.39, 0.29) is 12.5 Å². The number of methoxy groups -OCH3 is 1. The Morgan fingerprint density at radius 1 is 1.16 bits per heavy atom. The Balaban J connectivity index is 1.49. The maximum absolute atomic E-state index is 11.9. The molecule has 0 unspecified atom stereocenters. The van der Waals surface area contributed by atoms with E-state index in [2.05, 4.69) is 10.3 Å². The lowest BCUT2D eigenvalue weighted by Crippen LogP contribution is -2.28. The highest BCUT2D eigenvalue weighted by Crippen LogP contribution is 2.24. The summed E-state index contributed by atoms with van der Waals surface area (Å²) in [5.74, 6) is 1.18. The van der Waals surface area contributed by atoms with Crippen molar-refractivity contribution in [3.63, 3.8) is 0 Å². The molecule has 0 aliphatic rings. The predicted molar refractivity (Wildman–Crippen MR) is 97.9 cm³/mol. The third-order valence-electron chi connectivity index (χ3n) is 3.52. The lowest BCUT2D eigenvalue weighted by atomic mass is 10.2. The normalized spacial score (nSPS) is 10.3. The van der Waals surface area contributed by atoms with Gasteiger partial charge in [-0.2, -0.15) is 0 Å². The van der Waals surface area contributed by atoms with E-state index in [1.807, 2.05) is 29.8 Å². The molecule has 128 valence electrons. The van der Waals surface area contributed by atoms with Gasteiger partial charge in [0.15, 0.2) is 6.61 Å². The molecule has 0 aliphatic carbocycles. The number of hydrogen-bond acceptors (Lipinski definition) is 5. The first-order valence-electron chi connectivity index (χ1n) is 7.76. The molecule has 1 N–H and O–H groups in total. The molecule has 25 heavy (non-hydrogen) atoms. The second-order valence-electron chi connectivity index (χ2n) is 5.30. The van der Waals surface area contributed by atoms with Gasteiger partial charge in [-0.15, -0.1) is 11.3 Å². The van der Waals surface area contributed by atoms with Crippen molar-refractivity contribution < 1.29 is 14.3 Å². The first kappa shape index (κ1) is 17.0. The van der Waals surface area contributed by atoms with Crippen LogP contribution in [0.5, 0.6) is 11.5 Å². The maximum Gasteiger partial charge on any atom is 0.258 e. The summed E-state index contributed by atoms with van der Waals surface area (Å²) in [5, 5.41) is 4.87. The minimum Gasteiger partial charge on any atom is -0.497 e. The van der Waals surface area contributed by atoms with E-state index in [4.69, 9.17) is 9.47 Å². The standard InChI is InChI=1S/C19H18N2O3S/c1-23-16-4-6-17(7-5-16)24-13-19(22)21-11-14-9-15(12-20-10-14)18-3-2-8-25-18/h2-10,12H,11,13H2,1H3,(H,21,22). The van der Waals surface area contributed by atoms with E-state index < -0.39 is 0 Å². The van der Waals surface area contributed by atoms with Crippen LogP contribution in [-0.4, -0.2) is 24.6 Å². The molecule has 1 aromatic carbocycles. The quantitative estimate of drug-likeness (QED) is 0.705. The topological polar surface area (TPSA) is 60.5 Å². The second-order valence-corrected chi connectivity index (χ2v) is 6.25. The molecule has 0 aliphatic heterocycles. The number of nitrogens with zero attached hydrogens (tertiary/aromatic N) is 1. The number of aromatic nitrogens is 1. The number of nitrogens with one attached hydrogen (secondary N) is 1. The van der Waals surface area contributed by atoms with Crippen LogP contribution in [0.4, 0.5) is 0 Å². The van der Waals surface area contributed by atoms with Crippen molar-refractivity contribution in [2.75, 3.05) is 13.7 Å². The smallest absolute Gasteiger partial charge is 0.258 e. The molecule has 6 heteroatoms. The third-order valence-corrected chi connectivity index (χ3v) is 4.44. The molecule has 0 bridgehead atoms. The van der Waals surface area contributed by atoms with Gasteiger partial charge in [-0.05, 0) is 47.3 Å². The molecule has 0 saturated carbocycles. The highest BCUT2D eigenvalue weighted by Gasteiger charge is 2.05. The molecule has 2 heterocycles. The number of thiophene rings is 1. The summed E-state index contributed by atoms with van der Waals surface area (Å²) in [6, 6.07) is 13.2. The molecule has 5 nitrogen and oxygen atoms in total. The molecule has 2 aromatic heterocycles. The number of carbonyl (C=O) groups excluding carboxylic acids is 1. The Morgan fingerprint density at radius 3 is 2.68 bits per heavy atom. The summed E-state index contributed by atoms with van der Waals surface area (Å²) in [4.78, 5) is 17.3. The van der Waals surface area contributed by atoms with E-state index in [1.54, 1.807) is 48.9 Å². The Labute approximate surface area is 150 Å². The minimum absolute atomic E-state index is 0.0373. The number of rotatable bonds is 7. The first-order valence-corrected chi connectivity index (χ1v) is 8.64. The van der Waals surface area contributed by atoms with Gasteiger partial charge < -0.3 is 14.8 Å².